The van der Waals surface area contributed by atoms with Gasteiger partial charge in [-0.3, -0.25) is 9.59 Å². The summed E-state index contributed by atoms with van der Waals surface area (Å²) in [4.78, 5) is 26.8. The second-order valence-electron chi connectivity index (χ2n) is 9.26. The van der Waals surface area contributed by atoms with E-state index < -0.39 is 0 Å². The van der Waals surface area contributed by atoms with Crippen LogP contribution < -0.4 is 5.32 Å². The predicted octanol–water partition coefficient (Wildman–Crippen LogP) is 5.14. The minimum atomic E-state index is -0.157. The molecular formula is C25H32N2O2. The van der Waals surface area contributed by atoms with Gasteiger partial charge in [0.05, 0.1) is 0 Å². The fourth-order valence-corrected chi connectivity index (χ4v) is 4.18. The van der Waals surface area contributed by atoms with Crippen LogP contribution in [0, 0.1) is 11.3 Å². The van der Waals surface area contributed by atoms with E-state index in [1.54, 1.807) is 0 Å². The van der Waals surface area contributed by atoms with Crippen LogP contribution in [0.4, 0.5) is 5.69 Å². The third kappa shape index (κ3) is 5.77. The fraction of sp³-hybridized carbons (Fsp3) is 0.440. The summed E-state index contributed by atoms with van der Waals surface area (Å²) in [5.41, 5.74) is 4.51. The lowest BCUT2D eigenvalue weighted by Crippen LogP contribution is -2.32. The molecule has 1 atom stereocenters. The molecule has 0 spiro atoms. The Labute approximate surface area is 174 Å². The Morgan fingerprint density at radius 3 is 2.48 bits per heavy atom. The van der Waals surface area contributed by atoms with Crippen LogP contribution in [0.1, 0.15) is 45.1 Å². The van der Waals surface area contributed by atoms with Gasteiger partial charge in [-0.25, -0.2) is 0 Å². The average Bonchev–Trinajstić information content (AvgIpc) is 2.65. The Morgan fingerprint density at radius 2 is 1.79 bits per heavy atom. The topological polar surface area (TPSA) is 49.4 Å². The molecule has 3 rings (SSSR count). The maximum absolute atomic E-state index is 12.5. The third-order valence-corrected chi connectivity index (χ3v) is 5.72. The Kier molecular flexibility index (Phi) is 6.53. The molecule has 0 radical (unpaired) electrons. The number of nitrogens with one attached hydrogen (secondary N) is 1. The van der Waals surface area contributed by atoms with E-state index in [0.29, 0.717) is 6.42 Å². The zero-order chi connectivity index (χ0) is 21.0. The molecule has 1 aliphatic rings. The zero-order valence-electron chi connectivity index (χ0n) is 18.0. The molecule has 4 nitrogen and oxygen atoms in total. The van der Waals surface area contributed by atoms with Gasteiger partial charge >= 0.3 is 0 Å². The second-order valence-corrected chi connectivity index (χ2v) is 9.26. The van der Waals surface area contributed by atoms with Crippen molar-refractivity contribution in [2.75, 3.05) is 19.4 Å². The third-order valence-electron chi connectivity index (χ3n) is 5.72. The molecule has 29 heavy (non-hydrogen) atoms. The number of benzene rings is 2. The van der Waals surface area contributed by atoms with Crippen LogP contribution in [0.25, 0.3) is 11.1 Å². The van der Waals surface area contributed by atoms with Crippen LogP contribution >= 0.6 is 0 Å². The highest BCUT2D eigenvalue weighted by atomic mass is 16.2. The first kappa shape index (κ1) is 21.3. The highest BCUT2D eigenvalue weighted by Crippen LogP contribution is 2.38. The molecule has 154 valence electrons. The normalized spacial score (nSPS) is 18.7. The molecule has 1 N–H and O–H groups in total. The molecule has 1 saturated carbocycles. The van der Waals surface area contributed by atoms with E-state index in [4.69, 9.17) is 0 Å². The minimum Gasteiger partial charge on any atom is -0.326 e. The molecule has 1 unspecified atom stereocenters. The van der Waals surface area contributed by atoms with Gasteiger partial charge in [-0.2, -0.15) is 0 Å². The summed E-state index contributed by atoms with van der Waals surface area (Å²) in [5.74, 6) is -0.00920. The molecule has 2 aromatic rings. The van der Waals surface area contributed by atoms with Crippen molar-refractivity contribution in [3.63, 3.8) is 0 Å². The van der Waals surface area contributed by atoms with Crippen molar-refractivity contribution in [3.8, 4) is 11.1 Å². The number of rotatable bonds is 6. The molecule has 0 aliphatic heterocycles. The molecule has 2 aromatic carbocycles. The SMILES string of the molecule is CN(C)Cc1ccccc1-c1ccc(NC(=O)CC2CC(C)(C)CCC2=O)cc1. The van der Waals surface area contributed by atoms with Crippen LogP contribution in [0.5, 0.6) is 0 Å². The number of carbonyl (C=O) groups is 2. The van der Waals surface area contributed by atoms with E-state index in [9.17, 15) is 9.59 Å². The number of hydrogen-bond donors (Lipinski definition) is 1. The Morgan fingerprint density at radius 1 is 1.10 bits per heavy atom. The molecule has 1 amide bonds. The summed E-state index contributed by atoms with van der Waals surface area (Å²) in [5, 5.41) is 2.96. The average molecular weight is 393 g/mol. The highest BCUT2D eigenvalue weighted by Gasteiger charge is 2.34. The smallest absolute Gasteiger partial charge is 0.225 e. The minimum absolute atomic E-state index is 0.0817. The van der Waals surface area contributed by atoms with Gasteiger partial charge in [0.15, 0.2) is 0 Å². The lowest BCUT2D eigenvalue weighted by molar-refractivity contribution is -0.130. The van der Waals surface area contributed by atoms with E-state index in [2.05, 4.69) is 56.4 Å². The first-order valence-corrected chi connectivity index (χ1v) is 10.4. The molecule has 0 bridgehead atoms. The number of Topliss-reactive ketones (excluding diaryl/α,β-unsaturated/α-hetero) is 1. The molecule has 1 aliphatic carbocycles. The van der Waals surface area contributed by atoms with Gasteiger partial charge in [-0.15, -0.1) is 0 Å². The summed E-state index contributed by atoms with van der Waals surface area (Å²) in [7, 11) is 4.13. The van der Waals surface area contributed by atoms with E-state index in [-0.39, 0.29) is 29.4 Å². The monoisotopic (exact) mass is 392 g/mol. The maximum atomic E-state index is 12.5. The first-order chi connectivity index (χ1) is 13.7. The van der Waals surface area contributed by atoms with Crippen molar-refractivity contribution in [3.05, 3.63) is 54.1 Å². The van der Waals surface area contributed by atoms with Crippen molar-refractivity contribution in [2.24, 2.45) is 11.3 Å². The van der Waals surface area contributed by atoms with E-state index in [1.165, 1.54) is 11.1 Å². The van der Waals surface area contributed by atoms with Gasteiger partial charge in [-0.05, 0) is 61.2 Å². The summed E-state index contributed by atoms with van der Waals surface area (Å²) in [6.07, 6.45) is 2.57. The number of carbonyl (C=O) groups excluding carboxylic acids is 2. The van der Waals surface area contributed by atoms with Crippen LogP contribution in [-0.2, 0) is 16.1 Å². The van der Waals surface area contributed by atoms with Crippen LogP contribution in [0.15, 0.2) is 48.5 Å². The largest absolute Gasteiger partial charge is 0.326 e. The summed E-state index contributed by atoms with van der Waals surface area (Å²) in [6.45, 7) is 5.23. The van der Waals surface area contributed by atoms with Crippen LogP contribution in [-0.4, -0.2) is 30.7 Å². The molecule has 0 heterocycles. The number of hydrogen-bond acceptors (Lipinski definition) is 3. The van der Waals surface area contributed by atoms with Crippen molar-refractivity contribution in [2.45, 2.75) is 46.1 Å². The number of amides is 1. The molecule has 1 fully saturated rings. The van der Waals surface area contributed by atoms with Gasteiger partial charge in [0.2, 0.25) is 5.91 Å². The van der Waals surface area contributed by atoms with Crippen molar-refractivity contribution in [1.82, 2.24) is 4.90 Å². The zero-order valence-corrected chi connectivity index (χ0v) is 18.0. The van der Waals surface area contributed by atoms with Gasteiger partial charge in [0, 0.05) is 31.0 Å². The van der Waals surface area contributed by atoms with Crippen molar-refractivity contribution in [1.29, 1.82) is 0 Å². The first-order valence-electron chi connectivity index (χ1n) is 10.4. The predicted molar refractivity (Wildman–Crippen MR) is 119 cm³/mol. The molecule has 0 saturated heterocycles. The number of anilines is 1. The van der Waals surface area contributed by atoms with E-state index in [0.717, 1.165) is 30.6 Å². The Hall–Kier alpha value is -2.46. The molecular weight excluding hydrogens is 360 g/mol. The number of ketones is 1. The van der Waals surface area contributed by atoms with Crippen LogP contribution in [0.3, 0.4) is 0 Å². The summed E-state index contributed by atoms with van der Waals surface area (Å²) >= 11 is 0. The van der Waals surface area contributed by atoms with Gasteiger partial charge in [0.25, 0.3) is 0 Å². The maximum Gasteiger partial charge on any atom is 0.225 e. The summed E-state index contributed by atoms with van der Waals surface area (Å²) in [6, 6.07) is 16.3. The van der Waals surface area contributed by atoms with Crippen LogP contribution in [0.2, 0.25) is 0 Å². The van der Waals surface area contributed by atoms with Gasteiger partial charge < -0.3 is 10.2 Å². The van der Waals surface area contributed by atoms with Gasteiger partial charge in [0.1, 0.15) is 5.78 Å². The number of nitrogens with zero attached hydrogens (tertiary/aromatic N) is 1. The van der Waals surface area contributed by atoms with Gasteiger partial charge in [-0.1, -0.05) is 50.2 Å². The Balaban J connectivity index is 1.65. The standard InChI is InChI=1S/C25H32N2O2/c1-25(2)14-13-23(28)20(16-25)15-24(29)26-21-11-9-18(10-12-21)22-8-6-5-7-19(22)17-27(3)4/h5-12,20H,13-17H2,1-4H3,(H,26,29). The van der Waals surface area contributed by atoms with Crippen molar-refractivity contribution < 1.29 is 9.59 Å². The van der Waals surface area contributed by atoms with E-state index >= 15 is 0 Å². The highest BCUT2D eigenvalue weighted by molar-refractivity contribution is 5.95. The Bertz CT molecular complexity index is 869. The lowest BCUT2D eigenvalue weighted by atomic mass is 9.70. The summed E-state index contributed by atoms with van der Waals surface area (Å²) < 4.78 is 0. The molecule has 4 heteroatoms. The second kappa shape index (κ2) is 8.91. The quantitative estimate of drug-likeness (QED) is 0.740. The van der Waals surface area contributed by atoms with E-state index in [1.807, 2.05) is 30.3 Å². The van der Waals surface area contributed by atoms with Crippen molar-refractivity contribution >= 4 is 17.4 Å². The fourth-order valence-electron chi connectivity index (χ4n) is 4.18. The lowest BCUT2D eigenvalue weighted by Gasteiger charge is -2.33. The molecule has 0 aromatic heterocycles.